The number of fused-ring (bicyclic) bond motifs is 1. The number of amides is 3. The number of carbonyl (C=O) groups is 2. The van der Waals surface area contributed by atoms with Gasteiger partial charge in [0.2, 0.25) is 5.91 Å². The molecule has 8 nitrogen and oxygen atoms in total. The monoisotopic (exact) mass is 349 g/mol. The number of hydrogen-bond acceptors (Lipinski definition) is 5. The van der Waals surface area contributed by atoms with Gasteiger partial charge in [-0.15, -0.1) is 0 Å². The first-order chi connectivity index (χ1) is 12.1. The van der Waals surface area contributed by atoms with E-state index in [9.17, 15) is 9.59 Å². The smallest absolute Gasteiger partial charge is 0.315 e. The molecule has 0 spiro atoms. The van der Waals surface area contributed by atoms with E-state index in [1.165, 1.54) is 0 Å². The molecule has 25 heavy (non-hydrogen) atoms. The van der Waals surface area contributed by atoms with Crippen LogP contribution in [-0.2, 0) is 9.53 Å². The maximum Gasteiger partial charge on any atom is 0.315 e. The van der Waals surface area contributed by atoms with Crippen molar-refractivity contribution in [3.05, 3.63) is 18.2 Å². The third-order valence-electron chi connectivity index (χ3n) is 4.09. The second-order valence-corrected chi connectivity index (χ2v) is 6.21. The first kappa shape index (κ1) is 17.3. The van der Waals surface area contributed by atoms with E-state index in [1.807, 2.05) is 13.0 Å². The molecule has 1 saturated heterocycles. The van der Waals surface area contributed by atoms with Gasteiger partial charge in [0.25, 0.3) is 0 Å². The molecular weight excluding hydrogens is 326 g/mol. The van der Waals surface area contributed by atoms with Crippen LogP contribution in [0, 0.1) is 0 Å². The molecule has 2 aliphatic rings. The minimum Gasteiger partial charge on any atom is -0.486 e. The predicted molar refractivity (Wildman–Crippen MR) is 91.2 cm³/mol. The Morgan fingerprint density at radius 2 is 2.12 bits per heavy atom. The highest BCUT2D eigenvalue weighted by Gasteiger charge is 2.32. The van der Waals surface area contributed by atoms with E-state index >= 15 is 0 Å². The summed E-state index contributed by atoms with van der Waals surface area (Å²) in [6.07, 6.45) is 0.264. The molecule has 136 valence electrons. The molecule has 0 unspecified atom stereocenters. The lowest BCUT2D eigenvalue weighted by Crippen LogP contribution is -2.47. The van der Waals surface area contributed by atoms with Crippen molar-refractivity contribution in [3.8, 4) is 11.5 Å². The molecule has 1 aromatic rings. The molecular formula is C17H23N3O5. The molecule has 0 saturated carbocycles. The van der Waals surface area contributed by atoms with Crippen LogP contribution in [0.3, 0.4) is 0 Å². The van der Waals surface area contributed by atoms with Gasteiger partial charge in [-0.25, -0.2) is 4.79 Å². The molecule has 0 radical (unpaired) electrons. The number of hydrogen-bond donors (Lipinski definition) is 2. The number of urea groups is 1. The van der Waals surface area contributed by atoms with Crippen molar-refractivity contribution >= 4 is 17.6 Å². The third kappa shape index (κ3) is 4.14. The molecule has 0 bridgehead atoms. The van der Waals surface area contributed by atoms with Crippen molar-refractivity contribution in [3.63, 3.8) is 0 Å². The summed E-state index contributed by atoms with van der Waals surface area (Å²) in [6, 6.07) is 4.79. The van der Waals surface area contributed by atoms with Crippen LogP contribution >= 0.6 is 0 Å². The van der Waals surface area contributed by atoms with Gasteiger partial charge < -0.3 is 29.7 Å². The van der Waals surface area contributed by atoms with E-state index in [1.54, 1.807) is 24.1 Å². The largest absolute Gasteiger partial charge is 0.486 e. The summed E-state index contributed by atoms with van der Waals surface area (Å²) >= 11 is 0. The zero-order valence-electron chi connectivity index (χ0n) is 14.4. The Balaban J connectivity index is 1.60. The lowest BCUT2D eigenvalue weighted by atomic mass is 10.2. The zero-order chi connectivity index (χ0) is 17.8. The topological polar surface area (TPSA) is 89.1 Å². The third-order valence-corrected chi connectivity index (χ3v) is 4.09. The molecule has 2 heterocycles. The molecule has 8 heteroatoms. The fourth-order valence-electron chi connectivity index (χ4n) is 3.00. The summed E-state index contributed by atoms with van der Waals surface area (Å²) < 4.78 is 16.0. The first-order valence-corrected chi connectivity index (χ1v) is 8.33. The van der Waals surface area contributed by atoms with E-state index in [4.69, 9.17) is 14.2 Å². The number of rotatable bonds is 5. The summed E-state index contributed by atoms with van der Waals surface area (Å²) in [7, 11) is 1.58. The van der Waals surface area contributed by atoms with Gasteiger partial charge in [0, 0.05) is 31.8 Å². The maximum absolute atomic E-state index is 12.3. The molecule has 2 aliphatic heterocycles. The lowest BCUT2D eigenvalue weighted by molar-refractivity contribution is -0.117. The summed E-state index contributed by atoms with van der Waals surface area (Å²) in [5, 5.41) is 5.61. The number of ether oxygens (including phenoxy) is 3. The van der Waals surface area contributed by atoms with Gasteiger partial charge in [-0.3, -0.25) is 4.79 Å². The average molecular weight is 349 g/mol. The predicted octanol–water partition coefficient (Wildman–Crippen LogP) is 0.897. The van der Waals surface area contributed by atoms with Crippen LogP contribution in [0.5, 0.6) is 11.5 Å². The van der Waals surface area contributed by atoms with Crippen molar-refractivity contribution in [1.82, 2.24) is 10.6 Å². The Morgan fingerprint density at radius 3 is 2.88 bits per heavy atom. The van der Waals surface area contributed by atoms with Crippen molar-refractivity contribution in [2.24, 2.45) is 0 Å². The minimum atomic E-state index is -0.300. The van der Waals surface area contributed by atoms with E-state index in [2.05, 4.69) is 10.6 Å². The number of benzene rings is 1. The minimum absolute atomic E-state index is 0.0353. The van der Waals surface area contributed by atoms with Gasteiger partial charge in [-0.1, -0.05) is 0 Å². The van der Waals surface area contributed by atoms with Crippen LogP contribution in [0.4, 0.5) is 10.5 Å². The number of nitrogens with zero attached hydrogens (tertiary/aromatic N) is 1. The highest BCUT2D eigenvalue weighted by atomic mass is 16.6. The molecule has 3 amide bonds. The van der Waals surface area contributed by atoms with Crippen LogP contribution in [0.25, 0.3) is 0 Å². The second-order valence-electron chi connectivity index (χ2n) is 6.21. The first-order valence-electron chi connectivity index (χ1n) is 8.33. The van der Waals surface area contributed by atoms with Crippen molar-refractivity contribution in [2.45, 2.75) is 25.4 Å². The van der Waals surface area contributed by atoms with Crippen molar-refractivity contribution in [1.29, 1.82) is 0 Å². The number of methoxy groups -OCH3 is 1. The lowest BCUT2D eigenvalue weighted by Gasteiger charge is -2.22. The van der Waals surface area contributed by atoms with Crippen molar-refractivity contribution in [2.75, 3.05) is 38.4 Å². The van der Waals surface area contributed by atoms with Crippen LogP contribution in [-0.4, -0.2) is 57.5 Å². The fourth-order valence-corrected chi connectivity index (χ4v) is 3.00. The van der Waals surface area contributed by atoms with E-state index < -0.39 is 0 Å². The highest BCUT2D eigenvalue weighted by molar-refractivity contribution is 5.97. The van der Waals surface area contributed by atoms with E-state index in [0.29, 0.717) is 37.9 Å². The molecule has 0 aromatic heterocycles. The van der Waals surface area contributed by atoms with Gasteiger partial charge in [0.05, 0.1) is 18.7 Å². The van der Waals surface area contributed by atoms with Crippen LogP contribution in [0.15, 0.2) is 18.2 Å². The van der Waals surface area contributed by atoms with Gasteiger partial charge in [0.1, 0.15) is 13.2 Å². The standard InChI is InChI=1S/C17H23N3O5/c1-11(10-23-2)18-17(22)19-12-7-16(21)20(9-12)13-3-4-14-15(8-13)25-6-5-24-14/h3-4,8,11-12H,5-7,9-10H2,1-2H3,(H2,18,19,22)/t11-,12+/m1/s1. The molecule has 2 atom stereocenters. The second kappa shape index (κ2) is 7.60. The Hall–Kier alpha value is -2.48. The van der Waals surface area contributed by atoms with Gasteiger partial charge >= 0.3 is 6.03 Å². The maximum atomic E-state index is 12.3. The number of carbonyl (C=O) groups excluding carboxylic acids is 2. The highest BCUT2D eigenvalue weighted by Crippen LogP contribution is 2.35. The number of nitrogens with one attached hydrogen (secondary N) is 2. The molecule has 1 fully saturated rings. The van der Waals surface area contributed by atoms with Crippen molar-refractivity contribution < 1.29 is 23.8 Å². The van der Waals surface area contributed by atoms with Gasteiger partial charge in [0.15, 0.2) is 11.5 Å². The van der Waals surface area contributed by atoms with Gasteiger partial charge in [-0.05, 0) is 19.1 Å². The summed E-state index contributed by atoms with van der Waals surface area (Å²) in [6.45, 7) is 3.72. The zero-order valence-corrected chi connectivity index (χ0v) is 14.4. The Labute approximate surface area is 146 Å². The molecule has 2 N–H and O–H groups in total. The quantitative estimate of drug-likeness (QED) is 0.824. The summed E-state index contributed by atoms with van der Waals surface area (Å²) in [5.41, 5.74) is 0.742. The number of anilines is 1. The van der Waals surface area contributed by atoms with E-state index in [-0.39, 0.29) is 30.4 Å². The Bertz CT molecular complexity index is 651. The van der Waals surface area contributed by atoms with Gasteiger partial charge in [-0.2, -0.15) is 0 Å². The normalized spacial score (nSPS) is 20.3. The molecule has 3 rings (SSSR count). The Kier molecular flexibility index (Phi) is 5.28. The van der Waals surface area contributed by atoms with Crippen LogP contribution in [0.2, 0.25) is 0 Å². The fraction of sp³-hybridized carbons (Fsp3) is 0.529. The van der Waals surface area contributed by atoms with E-state index in [0.717, 1.165) is 5.69 Å². The molecule has 0 aliphatic carbocycles. The van der Waals surface area contributed by atoms with Crippen LogP contribution in [0.1, 0.15) is 13.3 Å². The summed E-state index contributed by atoms with van der Waals surface area (Å²) in [5.74, 6) is 1.29. The molecule has 1 aromatic carbocycles. The SMILES string of the molecule is COC[C@@H](C)NC(=O)N[C@H]1CC(=O)N(c2ccc3c(c2)OCCO3)C1. The average Bonchev–Trinajstić information content (AvgIpc) is 2.94. The van der Waals surface area contributed by atoms with Crippen LogP contribution < -0.4 is 25.0 Å². The summed E-state index contributed by atoms with van der Waals surface area (Å²) in [4.78, 5) is 26.0. The Morgan fingerprint density at radius 1 is 1.36 bits per heavy atom.